The highest BCUT2D eigenvalue weighted by atomic mass is 16.4. The van der Waals surface area contributed by atoms with E-state index in [4.69, 9.17) is 5.11 Å². The van der Waals surface area contributed by atoms with E-state index in [0.29, 0.717) is 26.1 Å². The van der Waals surface area contributed by atoms with E-state index in [1.807, 2.05) is 6.92 Å². The summed E-state index contributed by atoms with van der Waals surface area (Å²) in [5.41, 5.74) is 0. The largest absolute Gasteiger partial charge is 0.481 e. The van der Waals surface area contributed by atoms with Crippen molar-refractivity contribution >= 4 is 17.9 Å². The molecule has 1 rings (SSSR count). The zero-order chi connectivity index (χ0) is 14.4. The number of carboxylic acid groups (broad SMARTS) is 1. The Kier molecular flexibility index (Phi) is 5.59. The van der Waals surface area contributed by atoms with Gasteiger partial charge < -0.3 is 20.6 Å². The number of likely N-dealkylation sites (N-methyl/N-ethyl adjacent to an activating group) is 1. The molecule has 0 aromatic heterocycles. The third-order valence-electron chi connectivity index (χ3n) is 3.12. The number of nitrogens with one attached hydrogen (secondary N) is 2. The van der Waals surface area contributed by atoms with E-state index >= 15 is 0 Å². The minimum atomic E-state index is -0.844. The van der Waals surface area contributed by atoms with E-state index < -0.39 is 12.0 Å². The Morgan fingerprint density at radius 3 is 2.68 bits per heavy atom. The molecule has 108 valence electrons. The Morgan fingerprint density at radius 1 is 1.42 bits per heavy atom. The van der Waals surface area contributed by atoms with E-state index in [2.05, 4.69) is 10.6 Å². The van der Waals surface area contributed by atoms with Gasteiger partial charge in [-0.3, -0.25) is 9.59 Å². The average Bonchev–Trinajstić information content (AvgIpc) is 2.76. The molecule has 1 aliphatic heterocycles. The number of carbonyl (C=O) groups is 3. The average molecular weight is 271 g/mol. The van der Waals surface area contributed by atoms with Crippen molar-refractivity contribution in [2.24, 2.45) is 5.92 Å². The van der Waals surface area contributed by atoms with Crippen LogP contribution in [0.1, 0.15) is 26.7 Å². The van der Waals surface area contributed by atoms with Crippen molar-refractivity contribution < 1.29 is 19.5 Å². The van der Waals surface area contributed by atoms with Gasteiger partial charge in [0.05, 0.1) is 0 Å². The van der Waals surface area contributed by atoms with Crippen LogP contribution < -0.4 is 10.6 Å². The first-order valence-electron chi connectivity index (χ1n) is 6.49. The second-order valence-corrected chi connectivity index (χ2v) is 4.76. The minimum absolute atomic E-state index is 0.00280. The van der Waals surface area contributed by atoms with Crippen LogP contribution in [0.15, 0.2) is 0 Å². The molecule has 1 saturated heterocycles. The second-order valence-electron chi connectivity index (χ2n) is 4.76. The lowest BCUT2D eigenvalue weighted by Crippen LogP contribution is -2.49. The number of likely N-dealkylation sites (tertiary alicyclic amines) is 1. The van der Waals surface area contributed by atoms with Crippen LogP contribution in [0.5, 0.6) is 0 Å². The molecule has 0 bridgehead atoms. The van der Waals surface area contributed by atoms with E-state index in [9.17, 15) is 14.4 Å². The second kappa shape index (κ2) is 6.96. The third kappa shape index (κ3) is 4.76. The number of urea groups is 1. The first-order valence-corrected chi connectivity index (χ1v) is 6.49. The monoisotopic (exact) mass is 271 g/mol. The van der Waals surface area contributed by atoms with Gasteiger partial charge in [-0.25, -0.2) is 4.79 Å². The normalized spacial score (nSPS) is 19.9. The standard InChI is InChI=1S/C12H21N3O4/c1-3-13-11(18)8(2)14-12(19)15-5-4-9(7-15)6-10(16)17/h8-9H,3-7H2,1-2H3,(H,13,18)(H,14,19)(H,16,17). The molecule has 7 heteroatoms. The van der Waals surface area contributed by atoms with Gasteiger partial charge in [-0.2, -0.15) is 0 Å². The van der Waals surface area contributed by atoms with Gasteiger partial charge in [-0.05, 0) is 26.2 Å². The maximum absolute atomic E-state index is 11.9. The van der Waals surface area contributed by atoms with Gasteiger partial charge in [0.2, 0.25) is 5.91 Å². The van der Waals surface area contributed by atoms with Gasteiger partial charge >= 0.3 is 12.0 Å². The zero-order valence-corrected chi connectivity index (χ0v) is 11.3. The van der Waals surface area contributed by atoms with Crippen molar-refractivity contribution in [1.29, 1.82) is 0 Å². The molecular formula is C12H21N3O4. The molecule has 1 fully saturated rings. The van der Waals surface area contributed by atoms with Crippen LogP contribution in [0.2, 0.25) is 0 Å². The molecule has 1 aliphatic rings. The van der Waals surface area contributed by atoms with Gasteiger partial charge in [0, 0.05) is 26.1 Å². The van der Waals surface area contributed by atoms with Crippen LogP contribution in [-0.4, -0.2) is 53.6 Å². The highest BCUT2D eigenvalue weighted by Gasteiger charge is 2.28. The van der Waals surface area contributed by atoms with Crippen molar-refractivity contribution in [2.45, 2.75) is 32.7 Å². The van der Waals surface area contributed by atoms with E-state index in [1.165, 1.54) is 0 Å². The number of carboxylic acids is 1. The quantitative estimate of drug-likeness (QED) is 0.656. The number of amides is 3. The van der Waals surface area contributed by atoms with E-state index in [-0.39, 0.29) is 24.3 Å². The summed E-state index contributed by atoms with van der Waals surface area (Å²) in [6.07, 6.45) is 0.769. The predicted octanol–water partition coefficient (Wildman–Crippen LogP) is 0.0172. The third-order valence-corrected chi connectivity index (χ3v) is 3.12. The van der Waals surface area contributed by atoms with Crippen molar-refractivity contribution in [3.63, 3.8) is 0 Å². The molecule has 7 nitrogen and oxygen atoms in total. The lowest BCUT2D eigenvalue weighted by atomic mass is 10.1. The molecular weight excluding hydrogens is 250 g/mol. The maximum atomic E-state index is 11.9. The highest BCUT2D eigenvalue weighted by molar-refractivity contribution is 5.86. The molecule has 0 aromatic rings. The number of carbonyl (C=O) groups excluding carboxylic acids is 2. The zero-order valence-electron chi connectivity index (χ0n) is 11.3. The Labute approximate surface area is 112 Å². The molecule has 0 saturated carbocycles. The summed E-state index contributed by atoms with van der Waals surface area (Å²) in [5, 5.41) is 13.9. The van der Waals surface area contributed by atoms with E-state index in [1.54, 1.807) is 11.8 Å². The molecule has 1 heterocycles. The van der Waals surface area contributed by atoms with Crippen LogP contribution in [0.4, 0.5) is 4.79 Å². The number of aliphatic carboxylic acids is 1. The topological polar surface area (TPSA) is 98.7 Å². The minimum Gasteiger partial charge on any atom is -0.481 e. The van der Waals surface area contributed by atoms with Crippen molar-refractivity contribution in [3.05, 3.63) is 0 Å². The summed E-state index contributed by atoms with van der Waals surface area (Å²) in [4.78, 5) is 35.5. The fourth-order valence-corrected chi connectivity index (χ4v) is 2.10. The molecule has 0 aliphatic carbocycles. The van der Waals surface area contributed by atoms with Crippen LogP contribution in [0.25, 0.3) is 0 Å². The fraction of sp³-hybridized carbons (Fsp3) is 0.750. The first kappa shape index (κ1) is 15.3. The fourth-order valence-electron chi connectivity index (χ4n) is 2.10. The Balaban J connectivity index is 2.38. The van der Waals surface area contributed by atoms with Gasteiger partial charge in [-0.15, -0.1) is 0 Å². The number of rotatable bonds is 5. The number of hydrogen-bond donors (Lipinski definition) is 3. The Morgan fingerprint density at radius 2 is 2.11 bits per heavy atom. The number of nitrogens with zero attached hydrogens (tertiary/aromatic N) is 1. The van der Waals surface area contributed by atoms with Crippen molar-refractivity contribution in [1.82, 2.24) is 15.5 Å². The molecule has 3 amide bonds. The molecule has 0 spiro atoms. The molecule has 2 unspecified atom stereocenters. The summed E-state index contributed by atoms with van der Waals surface area (Å²) < 4.78 is 0. The molecule has 2 atom stereocenters. The Hall–Kier alpha value is -1.79. The summed E-state index contributed by atoms with van der Waals surface area (Å²) in [6, 6.07) is -0.905. The van der Waals surface area contributed by atoms with Crippen LogP contribution >= 0.6 is 0 Å². The molecule has 3 N–H and O–H groups in total. The van der Waals surface area contributed by atoms with Gasteiger partial charge in [0.25, 0.3) is 0 Å². The van der Waals surface area contributed by atoms with E-state index in [0.717, 1.165) is 0 Å². The maximum Gasteiger partial charge on any atom is 0.318 e. The summed E-state index contributed by atoms with van der Waals surface area (Å²) in [5.74, 6) is -1.07. The first-order chi connectivity index (χ1) is 8.93. The van der Waals surface area contributed by atoms with Crippen LogP contribution in [0, 0.1) is 5.92 Å². The smallest absolute Gasteiger partial charge is 0.318 e. The van der Waals surface area contributed by atoms with Gasteiger partial charge in [0.1, 0.15) is 6.04 Å². The van der Waals surface area contributed by atoms with Crippen LogP contribution in [-0.2, 0) is 9.59 Å². The Bertz CT molecular complexity index is 359. The van der Waals surface area contributed by atoms with Gasteiger partial charge in [-0.1, -0.05) is 0 Å². The lowest BCUT2D eigenvalue weighted by Gasteiger charge is -2.20. The number of hydrogen-bond acceptors (Lipinski definition) is 3. The lowest BCUT2D eigenvalue weighted by molar-refractivity contribution is -0.138. The van der Waals surface area contributed by atoms with Gasteiger partial charge in [0.15, 0.2) is 0 Å². The summed E-state index contributed by atoms with van der Waals surface area (Å²) in [7, 11) is 0. The predicted molar refractivity (Wildman–Crippen MR) is 68.6 cm³/mol. The van der Waals surface area contributed by atoms with Crippen molar-refractivity contribution in [2.75, 3.05) is 19.6 Å². The molecule has 19 heavy (non-hydrogen) atoms. The molecule has 0 aromatic carbocycles. The SMILES string of the molecule is CCNC(=O)C(C)NC(=O)N1CCC(CC(=O)O)C1. The highest BCUT2D eigenvalue weighted by Crippen LogP contribution is 2.19. The molecule has 0 radical (unpaired) electrons. The summed E-state index contributed by atoms with van der Waals surface area (Å²) >= 11 is 0. The van der Waals surface area contributed by atoms with Crippen molar-refractivity contribution in [3.8, 4) is 0 Å². The van der Waals surface area contributed by atoms with Crippen LogP contribution in [0.3, 0.4) is 0 Å². The summed E-state index contributed by atoms with van der Waals surface area (Å²) in [6.45, 7) is 4.91.